The highest BCUT2D eigenvalue weighted by atomic mass is 16.5. The molecule has 1 aliphatic rings. The molecule has 0 aliphatic heterocycles. The number of esters is 2. The van der Waals surface area contributed by atoms with Gasteiger partial charge < -0.3 is 9.47 Å². The van der Waals surface area contributed by atoms with Crippen molar-refractivity contribution in [2.24, 2.45) is 11.8 Å². The van der Waals surface area contributed by atoms with E-state index in [1.54, 1.807) is 0 Å². The highest BCUT2D eigenvalue weighted by Crippen LogP contribution is 2.32. The molecular weight excluding hydrogens is 424 g/mol. The summed E-state index contributed by atoms with van der Waals surface area (Å²) in [5.41, 5.74) is 0. The standard InChI is InChI=1S/C30H56O4/c1-3-5-7-9-11-13-15-17-21-25-33-29(31)27-23-19-20-24-28(27)30(32)34-26-22-18-16-14-12-10-8-6-4-2/h27-28H,3-26H2,1-2H3. The van der Waals surface area contributed by atoms with Gasteiger partial charge in [0.05, 0.1) is 25.0 Å². The van der Waals surface area contributed by atoms with Crippen LogP contribution in [-0.2, 0) is 19.1 Å². The van der Waals surface area contributed by atoms with Gasteiger partial charge in [0.15, 0.2) is 0 Å². The third-order valence-electron chi connectivity index (χ3n) is 7.36. The van der Waals surface area contributed by atoms with Gasteiger partial charge in [0, 0.05) is 0 Å². The van der Waals surface area contributed by atoms with Crippen molar-refractivity contribution in [3.05, 3.63) is 0 Å². The van der Waals surface area contributed by atoms with Crippen LogP contribution in [0.25, 0.3) is 0 Å². The van der Waals surface area contributed by atoms with Crippen LogP contribution in [0.15, 0.2) is 0 Å². The number of hydrogen-bond donors (Lipinski definition) is 0. The fourth-order valence-electron chi connectivity index (χ4n) is 5.08. The zero-order valence-electron chi connectivity index (χ0n) is 22.8. The van der Waals surface area contributed by atoms with Crippen LogP contribution in [0.5, 0.6) is 0 Å². The Hall–Kier alpha value is -1.06. The molecule has 0 aromatic carbocycles. The minimum Gasteiger partial charge on any atom is -0.465 e. The van der Waals surface area contributed by atoms with E-state index >= 15 is 0 Å². The normalized spacial score (nSPS) is 18.1. The van der Waals surface area contributed by atoms with E-state index in [0.29, 0.717) is 13.2 Å². The van der Waals surface area contributed by atoms with Crippen molar-refractivity contribution in [2.45, 2.75) is 155 Å². The predicted molar refractivity (Wildman–Crippen MR) is 142 cm³/mol. The molecule has 0 radical (unpaired) electrons. The van der Waals surface area contributed by atoms with E-state index in [-0.39, 0.29) is 23.8 Å². The van der Waals surface area contributed by atoms with Gasteiger partial charge >= 0.3 is 11.9 Å². The van der Waals surface area contributed by atoms with Crippen LogP contribution in [-0.4, -0.2) is 25.2 Å². The molecule has 0 spiro atoms. The number of hydrogen-bond acceptors (Lipinski definition) is 4. The first-order chi connectivity index (χ1) is 16.7. The van der Waals surface area contributed by atoms with Crippen LogP contribution in [0.3, 0.4) is 0 Å². The van der Waals surface area contributed by atoms with Crippen molar-refractivity contribution in [3.63, 3.8) is 0 Å². The molecule has 0 N–H and O–H groups in total. The maximum Gasteiger partial charge on any atom is 0.309 e. The second-order valence-electron chi connectivity index (χ2n) is 10.5. The Kier molecular flexibility index (Phi) is 20.4. The summed E-state index contributed by atoms with van der Waals surface area (Å²) in [6, 6.07) is 0. The summed E-state index contributed by atoms with van der Waals surface area (Å²) < 4.78 is 11.2. The minimum atomic E-state index is -0.303. The van der Waals surface area contributed by atoms with E-state index in [1.807, 2.05) is 0 Å². The lowest BCUT2D eigenvalue weighted by atomic mass is 9.79. The number of rotatable bonds is 22. The van der Waals surface area contributed by atoms with Crippen LogP contribution < -0.4 is 0 Å². The molecule has 2 unspecified atom stereocenters. The van der Waals surface area contributed by atoms with E-state index in [4.69, 9.17) is 9.47 Å². The molecule has 1 fully saturated rings. The van der Waals surface area contributed by atoms with Gasteiger partial charge in [-0.05, 0) is 25.7 Å². The Bertz CT molecular complexity index is 446. The first-order valence-corrected chi connectivity index (χ1v) is 15.0. The molecule has 1 rings (SSSR count). The van der Waals surface area contributed by atoms with Crippen molar-refractivity contribution in [1.82, 2.24) is 0 Å². The third-order valence-corrected chi connectivity index (χ3v) is 7.36. The Morgan fingerprint density at radius 3 is 1.12 bits per heavy atom. The molecule has 0 amide bonds. The van der Waals surface area contributed by atoms with Crippen molar-refractivity contribution in [1.29, 1.82) is 0 Å². The summed E-state index contributed by atoms with van der Waals surface area (Å²) in [5.74, 6) is -0.959. The van der Waals surface area contributed by atoms with Gasteiger partial charge in [-0.1, -0.05) is 129 Å². The van der Waals surface area contributed by atoms with Crippen LogP contribution in [0, 0.1) is 11.8 Å². The molecule has 34 heavy (non-hydrogen) atoms. The smallest absolute Gasteiger partial charge is 0.309 e. The number of carbonyl (C=O) groups is 2. The van der Waals surface area contributed by atoms with Gasteiger partial charge in [-0.15, -0.1) is 0 Å². The molecule has 0 aromatic rings. The van der Waals surface area contributed by atoms with Crippen molar-refractivity contribution < 1.29 is 19.1 Å². The summed E-state index contributed by atoms with van der Waals surface area (Å²) in [6.07, 6.45) is 26.0. The van der Waals surface area contributed by atoms with E-state index < -0.39 is 0 Å². The van der Waals surface area contributed by atoms with Crippen LogP contribution in [0.2, 0.25) is 0 Å². The zero-order valence-corrected chi connectivity index (χ0v) is 22.8. The highest BCUT2D eigenvalue weighted by Gasteiger charge is 2.37. The molecule has 0 saturated heterocycles. The SMILES string of the molecule is CCCCCCCCCCCOC(=O)C1CCCCC1C(=O)OCCCCCCCCCCC. The average Bonchev–Trinajstić information content (AvgIpc) is 2.86. The maximum absolute atomic E-state index is 12.7. The summed E-state index contributed by atoms with van der Waals surface area (Å²) in [4.78, 5) is 25.3. The summed E-state index contributed by atoms with van der Waals surface area (Å²) in [7, 11) is 0. The van der Waals surface area contributed by atoms with Crippen LogP contribution >= 0.6 is 0 Å². The van der Waals surface area contributed by atoms with E-state index in [9.17, 15) is 9.59 Å². The first kappa shape index (κ1) is 31.0. The molecule has 2 atom stereocenters. The predicted octanol–water partition coefficient (Wildman–Crippen LogP) is 8.94. The lowest BCUT2D eigenvalue weighted by Crippen LogP contribution is -2.35. The van der Waals surface area contributed by atoms with Gasteiger partial charge in [0.2, 0.25) is 0 Å². The van der Waals surface area contributed by atoms with Gasteiger partial charge in [-0.25, -0.2) is 0 Å². The molecule has 1 aliphatic carbocycles. The minimum absolute atomic E-state index is 0.177. The van der Waals surface area contributed by atoms with Gasteiger partial charge in [-0.2, -0.15) is 0 Å². The van der Waals surface area contributed by atoms with Crippen molar-refractivity contribution in [3.8, 4) is 0 Å². The average molecular weight is 481 g/mol. The largest absolute Gasteiger partial charge is 0.465 e. The highest BCUT2D eigenvalue weighted by molar-refractivity contribution is 5.82. The molecule has 0 bridgehead atoms. The van der Waals surface area contributed by atoms with Crippen molar-refractivity contribution in [2.75, 3.05) is 13.2 Å². The Morgan fingerprint density at radius 2 is 0.794 bits per heavy atom. The lowest BCUT2D eigenvalue weighted by Gasteiger charge is -2.28. The topological polar surface area (TPSA) is 52.6 Å². The molecule has 1 saturated carbocycles. The lowest BCUT2D eigenvalue weighted by molar-refractivity contribution is -0.163. The van der Waals surface area contributed by atoms with Crippen LogP contribution in [0.1, 0.15) is 155 Å². The third kappa shape index (κ3) is 15.8. The molecular formula is C30H56O4. The number of unbranched alkanes of at least 4 members (excludes halogenated alkanes) is 16. The monoisotopic (exact) mass is 480 g/mol. The van der Waals surface area contributed by atoms with Crippen LogP contribution in [0.4, 0.5) is 0 Å². The molecule has 0 heterocycles. The van der Waals surface area contributed by atoms with Gasteiger partial charge in [-0.3, -0.25) is 9.59 Å². The zero-order chi connectivity index (χ0) is 24.7. The van der Waals surface area contributed by atoms with Gasteiger partial charge in [0.1, 0.15) is 0 Å². The first-order valence-electron chi connectivity index (χ1n) is 15.0. The number of ether oxygens (including phenoxy) is 2. The molecule has 4 nitrogen and oxygen atoms in total. The summed E-state index contributed by atoms with van der Waals surface area (Å²) in [5, 5.41) is 0. The summed E-state index contributed by atoms with van der Waals surface area (Å²) in [6.45, 7) is 5.48. The molecule has 4 heteroatoms. The second kappa shape index (κ2) is 22.4. The Labute approximate surface area is 211 Å². The Morgan fingerprint density at radius 1 is 0.500 bits per heavy atom. The van der Waals surface area contributed by atoms with E-state index in [0.717, 1.165) is 51.4 Å². The van der Waals surface area contributed by atoms with E-state index in [1.165, 1.54) is 89.9 Å². The summed E-state index contributed by atoms with van der Waals surface area (Å²) >= 11 is 0. The van der Waals surface area contributed by atoms with Crippen molar-refractivity contribution >= 4 is 11.9 Å². The fourth-order valence-corrected chi connectivity index (χ4v) is 5.08. The van der Waals surface area contributed by atoms with E-state index in [2.05, 4.69) is 13.8 Å². The molecule has 0 aromatic heterocycles. The molecule has 200 valence electrons. The second-order valence-corrected chi connectivity index (χ2v) is 10.5. The van der Waals surface area contributed by atoms with Gasteiger partial charge in [0.25, 0.3) is 0 Å². The number of carbonyl (C=O) groups excluding carboxylic acids is 2. The Balaban J connectivity index is 2.11. The quantitative estimate of drug-likeness (QED) is 0.115. The maximum atomic E-state index is 12.7. The fraction of sp³-hybridized carbons (Fsp3) is 0.933.